The summed E-state index contributed by atoms with van der Waals surface area (Å²) in [4.78, 5) is 15.3. The summed E-state index contributed by atoms with van der Waals surface area (Å²) in [7, 11) is 0. The molecule has 3 nitrogen and oxygen atoms in total. The van der Waals surface area contributed by atoms with Gasteiger partial charge in [-0.15, -0.1) is 11.8 Å². The van der Waals surface area contributed by atoms with E-state index in [0.717, 1.165) is 18.8 Å². The van der Waals surface area contributed by atoms with Crippen molar-refractivity contribution in [3.05, 3.63) is 29.8 Å². The van der Waals surface area contributed by atoms with Gasteiger partial charge in [0, 0.05) is 29.7 Å². The number of nitrogens with zero attached hydrogens (tertiary/aromatic N) is 1. The fourth-order valence-corrected chi connectivity index (χ4v) is 3.70. The molecule has 1 aromatic rings. The van der Waals surface area contributed by atoms with Crippen molar-refractivity contribution >= 4 is 17.7 Å². The second-order valence-corrected chi connectivity index (χ2v) is 5.89. The standard InChI is InChI=1S/C15H22N2OS/c1-3-16-15(18)10-17(4-2)9-12-11-19-14-8-6-5-7-13(12)14/h5-8,12H,3-4,9-11H2,1-2H3,(H,16,18). The van der Waals surface area contributed by atoms with Crippen molar-refractivity contribution in [1.82, 2.24) is 10.2 Å². The molecule has 0 aromatic heterocycles. The second kappa shape index (κ2) is 6.96. The summed E-state index contributed by atoms with van der Waals surface area (Å²) in [6.45, 7) is 7.18. The molecule has 19 heavy (non-hydrogen) atoms. The highest BCUT2D eigenvalue weighted by molar-refractivity contribution is 7.99. The van der Waals surface area contributed by atoms with Crippen molar-refractivity contribution in [3.63, 3.8) is 0 Å². The maximum Gasteiger partial charge on any atom is 0.234 e. The summed E-state index contributed by atoms with van der Waals surface area (Å²) in [5.41, 5.74) is 1.45. The third-order valence-corrected chi connectivity index (χ3v) is 4.72. The van der Waals surface area contributed by atoms with Crippen molar-refractivity contribution in [2.45, 2.75) is 24.7 Å². The molecule has 0 fully saturated rings. The number of carbonyl (C=O) groups excluding carboxylic acids is 1. The molecule has 0 saturated carbocycles. The smallest absolute Gasteiger partial charge is 0.234 e. The van der Waals surface area contributed by atoms with Gasteiger partial charge in [-0.25, -0.2) is 0 Å². The first-order chi connectivity index (χ1) is 9.24. The molecule has 1 atom stereocenters. The van der Waals surface area contributed by atoms with E-state index in [0.29, 0.717) is 19.0 Å². The van der Waals surface area contributed by atoms with Crippen LogP contribution in [0.5, 0.6) is 0 Å². The Kier molecular flexibility index (Phi) is 5.28. The lowest BCUT2D eigenvalue weighted by molar-refractivity contribution is -0.122. The Morgan fingerprint density at radius 2 is 2.21 bits per heavy atom. The van der Waals surface area contributed by atoms with Gasteiger partial charge in [-0.05, 0) is 25.1 Å². The van der Waals surface area contributed by atoms with E-state index < -0.39 is 0 Å². The van der Waals surface area contributed by atoms with Crippen LogP contribution in [0, 0.1) is 0 Å². The number of amides is 1. The first-order valence-electron chi connectivity index (χ1n) is 6.95. The van der Waals surface area contributed by atoms with Crippen molar-refractivity contribution < 1.29 is 4.79 Å². The van der Waals surface area contributed by atoms with E-state index in [1.807, 2.05) is 18.7 Å². The molecular weight excluding hydrogens is 256 g/mol. The highest BCUT2D eigenvalue weighted by atomic mass is 32.2. The lowest BCUT2D eigenvalue weighted by Gasteiger charge is -2.23. The second-order valence-electron chi connectivity index (χ2n) is 4.83. The summed E-state index contributed by atoms with van der Waals surface area (Å²) < 4.78 is 0. The van der Waals surface area contributed by atoms with Crippen LogP contribution in [0.15, 0.2) is 29.2 Å². The van der Waals surface area contributed by atoms with Crippen molar-refractivity contribution in [2.24, 2.45) is 0 Å². The number of likely N-dealkylation sites (N-methyl/N-ethyl adjacent to an activating group) is 2. The topological polar surface area (TPSA) is 32.3 Å². The number of benzene rings is 1. The lowest BCUT2D eigenvalue weighted by atomic mass is 10.0. The fourth-order valence-electron chi connectivity index (χ4n) is 2.45. The number of hydrogen-bond acceptors (Lipinski definition) is 3. The molecule has 1 N–H and O–H groups in total. The Bertz CT molecular complexity index is 436. The summed E-state index contributed by atoms with van der Waals surface area (Å²) >= 11 is 1.93. The Morgan fingerprint density at radius 1 is 1.42 bits per heavy atom. The van der Waals surface area contributed by atoms with Gasteiger partial charge in [-0.2, -0.15) is 0 Å². The molecule has 1 heterocycles. The molecule has 4 heteroatoms. The summed E-state index contributed by atoms with van der Waals surface area (Å²) in [5, 5.41) is 2.87. The number of thioether (sulfide) groups is 1. The van der Waals surface area contributed by atoms with Crippen molar-refractivity contribution in [2.75, 3.05) is 31.9 Å². The van der Waals surface area contributed by atoms with E-state index in [1.165, 1.54) is 10.5 Å². The van der Waals surface area contributed by atoms with Gasteiger partial charge in [0.15, 0.2) is 0 Å². The zero-order valence-electron chi connectivity index (χ0n) is 11.7. The summed E-state index contributed by atoms with van der Waals surface area (Å²) in [6.07, 6.45) is 0. The van der Waals surface area contributed by atoms with Gasteiger partial charge in [-0.1, -0.05) is 25.1 Å². The predicted octanol–water partition coefficient (Wildman–Crippen LogP) is 2.33. The normalized spacial score (nSPS) is 17.5. The quantitative estimate of drug-likeness (QED) is 0.867. The van der Waals surface area contributed by atoms with Gasteiger partial charge in [-0.3, -0.25) is 9.69 Å². The van der Waals surface area contributed by atoms with Crippen LogP contribution in [-0.2, 0) is 4.79 Å². The number of nitrogens with one attached hydrogen (secondary N) is 1. The van der Waals surface area contributed by atoms with E-state index in [2.05, 4.69) is 41.4 Å². The SMILES string of the molecule is CCNC(=O)CN(CC)CC1CSc2ccccc21. The number of rotatable bonds is 6. The van der Waals surface area contributed by atoms with Crippen molar-refractivity contribution in [1.29, 1.82) is 0 Å². The molecule has 0 saturated heterocycles. The average molecular weight is 278 g/mol. The molecule has 0 aliphatic carbocycles. The van der Waals surface area contributed by atoms with Crippen LogP contribution in [0.1, 0.15) is 25.3 Å². The highest BCUT2D eigenvalue weighted by Gasteiger charge is 2.24. The molecule has 1 aromatic carbocycles. The molecule has 1 unspecified atom stereocenters. The molecule has 2 rings (SSSR count). The average Bonchev–Trinajstić information content (AvgIpc) is 2.82. The van der Waals surface area contributed by atoms with Gasteiger partial charge in [0.2, 0.25) is 5.91 Å². The van der Waals surface area contributed by atoms with Crippen LogP contribution in [0.3, 0.4) is 0 Å². The van der Waals surface area contributed by atoms with Crippen LogP contribution in [0.2, 0.25) is 0 Å². The number of fused-ring (bicyclic) bond motifs is 1. The van der Waals surface area contributed by atoms with Crippen molar-refractivity contribution in [3.8, 4) is 0 Å². The van der Waals surface area contributed by atoms with Gasteiger partial charge >= 0.3 is 0 Å². The molecule has 0 spiro atoms. The Morgan fingerprint density at radius 3 is 2.95 bits per heavy atom. The predicted molar refractivity (Wildman–Crippen MR) is 80.7 cm³/mol. The number of hydrogen-bond donors (Lipinski definition) is 1. The highest BCUT2D eigenvalue weighted by Crippen LogP contribution is 2.39. The van der Waals surface area contributed by atoms with Gasteiger partial charge in [0.05, 0.1) is 6.54 Å². The Balaban J connectivity index is 1.94. The largest absolute Gasteiger partial charge is 0.355 e. The third kappa shape index (κ3) is 3.74. The van der Waals surface area contributed by atoms with E-state index in [-0.39, 0.29) is 5.91 Å². The fraction of sp³-hybridized carbons (Fsp3) is 0.533. The molecule has 0 radical (unpaired) electrons. The Hall–Kier alpha value is -1.00. The molecule has 1 aliphatic rings. The van der Waals surface area contributed by atoms with Gasteiger partial charge in [0.25, 0.3) is 0 Å². The van der Waals surface area contributed by atoms with Gasteiger partial charge in [0.1, 0.15) is 0 Å². The maximum atomic E-state index is 11.7. The monoisotopic (exact) mass is 278 g/mol. The van der Waals surface area contributed by atoms with Crippen LogP contribution < -0.4 is 5.32 Å². The van der Waals surface area contributed by atoms with E-state index in [4.69, 9.17) is 0 Å². The third-order valence-electron chi connectivity index (χ3n) is 3.47. The zero-order valence-corrected chi connectivity index (χ0v) is 12.5. The molecule has 1 aliphatic heterocycles. The summed E-state index contributed by atoms with van der Waals surface area (Å²) in [5.74, 6) is 1.81. The molecule has 0 bridgehead atoms. The van der Waals surface area contributed by atoms with Crippen LogP contribution in [0.25, 0.3) is 0 Å². The minimum atomic E-state index is 0.128. The number of carbonyl (C=O) groups is 1. The Labute approximate surface area is 119 Å². The minimum Gasteiger partial charge on any atom is -0.355 e. The molecule has 1 amide bonds. The zero-order chi connectivity index (χ0) is 13.7. The maximum absolute atomic E-state index is 11.7. The molecular formula is C15H22N2OS. The van der Waals surface area contributed by atoms with Crippen LogP contribution in [0.4, 0.5) is 0 Å². The summed E-state index contributed by atoms with van der Waals surface area (Å²) in [6, 6.07) is 8.62. The first kappa shape index (κ1) is 14.4. The van der Waals surface area contributed by atoms with E-state index in [1.54, 1.807) is 0 Å². The first-order valence-corrected chi connectivity index (χ1v) is 7.94. The molecule has 104 valence electrons. The lowest BCUT2D eigenvalue weighted by Crippen LogP contribution is -2.39. The minimum absolute atomic E-state index is 0.128. The van der Waals surface area contributed by atoms with Crippen LogP contribution >= 0.6 is 11.8 Å². The van der Waals surface area contributed by atoms with E-state index >= 15 is 0 Å². The van der Waals surface area contributed by atoms with E-state index in [9.17, 15) is 4.79 Å². The van der Waals surface area contributed by atoms with Crippen LogP contribution in [-0.4, -0.2) is 42.7 Å². The van der Waals surface area contributed by atoms with Gasteiger partial charge < -0.3 is 5.32 Å².